The smallest absolute Gasteiger partial charge is 0.221 e. The van der Waals surface area contributed by atoms with E-state index in [2.05, 4.69) is 11.4 Å². The van der Waals surface area contributed by atoms with Gasteiger partial charge in [-0.2, -0.15) is 5.26 Å². The van der Waals surface area contributed by atoms with Crippen LogP contribution in [0.2, 0.25) is 0 Å². The zero-order valence-electron chi connectivity index (χ0n) is 11.8. The average Bonchev–Trinajstić information content (AvgIpc) is 2.74. The Morgan fingerprint density at radius 3 is 2.45 bits per heavy atom. The highest BCUT2D eigenvalue weighted by Crippen LogP contribution is 2.25. The number of nitrogens with zero attached hydrogens (tertiary/aromatic N) is 1. The van der Waals surface area contributed by atoms with Crippen LogP contribution in [0.5, 0.6) is 0 Å². The lowest BCUT2D eigenvalue weighted by molar-refractivity contribution is -0.122. The number of nitriles is 1. The van der Waals surface area contributed by atoms with Gasteiger partial charge in [-0.15, -0.1) is 0 Å². The number of hydrogen-bond donors (Lipinski definition) is 1. The molecule has 1 aromatic carbocycles. The summed E-state index contributed by atoms with van der Waals surface area (Å²) in [6, 6.07) is 11.1. The van der Waals surface area contributed by atoms with E-state index in [1.807, 2.05) is 30.3 Å². The molecule has 0 aliphatic heterocycles. The van der Waals surface area contributed by atoms with Crippen molar-refractivity contribution in [1.82, 2.24) is 5.32 Å². The van der Waals surface area contributed by atoms with Crippen LogP contribution in [-0.4, -0.2) is 5.91 Å². The Labute approximate surface area is 121 Å². The highest BCUT2D eigenvalue weighted by atomic mass is 16.1. The average molecular weight is 270 g/mol. The number of amides is 1. The standard InChI is InChI=1S/C17H22N2O/c18-13-16(15-10-6-3-7-11-15)19-17(20)12-14-8-4-1-2-5-9-14/h3,6-7,10-11,14,16H,1-2,4-5,8-9,12H2,(H,19,20). The lowest BCUT2D eigenvalue weighted by Gasteiger charge is -2.16. The Bertz CT molecular complexity index is 456. The summed E-state index contributed by atoms with van der Waals surface area (Å²) < 4.78 is 0. The molecule has 0 heterocycles. The van der Waals surface area contributed by atoms with Gasteiger partial charge >= 0.3 is 0 Å². The molecule has 1 N–H and O–H groups in total. The minimum atomic E-state index is -0.533. The summed E-state index contributed by atoms with van der Waals surface area (Å²) in [5, 5.41) is 12.1. The second-order valence-corrected chi connectivity index (χ2v) is 5.60. The third kappa shape index (κ3) is 4.38. The van der Waals surface area contributed by atoms with E-state index >= 15 is 0 Å². The molecule has 20 heavy (non-hydrogen) atoms. The summed E-state index contributed by atoms with van der Waals surface area (Å²) in [7, 11) is 0. The fourth-order valence-electron chi connectivity index (χ4n) is 2.89. The van der Waals surface area contributed by atoms with E-state index in [4.69, 9.17) is 0 Å². The summed E-state index contributed by atoms with van der Waals surface area (Å²) in [6.07, 6.45) is 7.92. The van der Waals surface area contributed by atoms with E-state index < -0.39 is 6.04 Å². The quantitative estimate of drug-likeness (QED) is 0.848. The molecule has 1 unspecified atom stereocenters. The molecule has 0 saturated heterocycles. The van der Waals surface area contributed by atoms with Crippen molar-refractivity contribution >= 4 is 5.91 Å². The van der Waals surface area contributed by atoms with Crippen LogP contribution in [0, 0.1) is 17.2 Å². The maximum Gasteiger partial charge on any atom is 0.221 e. The molecular formula is C17H22N2O. The van der Waals surface area contributed by atoms with Crippen molar-refractivity contribution in [1.29, 1.82) is 5.26 Å². The maximum atomic E-state index is 12.1. The van der Waals surface area contributed by atoms with Gasteiger partial charge in [0.05, 0.1) is 6.07 Å². The topological polar surface area (TPSA) is 52.9 Å². The van der Waals surface area contributed by atoms with Gasteiger partial charge in [0.25, 0.3) is 0 Å². The third-order valence-electron chi connectivity index (χ3n) is 4.02. The molecule has 106 valence electrons. The van der Waals surface area contributed by atoms with Gasteiger partial charge in [0, 0.05) is 6.42 Å². The van der Waals surface area contributed by atoms with Crippen LogP contribution in [0.1, 0.15) is 56.6 Å². The van der Waals surface area contributed by atoms with Crippen molar-refractivity contribution in [3.63, 3.8) is 0 Å². The fourth-order valence-corrected chi connectivity index (χ4v) is 2.89. The van der Waals surface area contributed by atoms with Gasteiger partial charge in [0.1, 0.15) is 6.04 Å². The van der Waals surface area contributed by atoms with Gasteiger partial charge in [0.15, 0.2) is 0 Å². The van der Waals surface area contributed by atoms with Gasteiger partial charge in [-0.3, -0.25) is 4.79 Å². The summed E-state index contributed by atoms with van der Waals surface area (Å²) in [5.41, 5.74) is 0.851. The predicted molar refractivity (Wildman–Crippen MR) is 78.7 cm³/mol. The second kappa shape index (κ2) is 7.69. The van der Waals surface area contributed by atoms with Crippen molar-refractivity contribution in [3.05, 3.63) is 35.9 Å². The van der Waals surface area contributed by atoms with Crippen LogP contribution < -0.4 is 5.32 Å². The first-order valence-corrected chi connectivity index (χ1v) is 7.53. The lowest BCUT2D eigenvalue weighted by atomic mass is 9.96. The van der Waals surface area contributed by atoms with Crippen LogP contribution in [0.4, 0.5) is 0 Å². The summed E-state index contributed by atoms with van der Waals surface area (Å²) in [6.45, 7) is 0. The van der Waals surface area contributed by atoms with Crippen LogP contribution in [0.3, 0.4) is 0 Å². The van der Waals surface area contributed by atoms with Gasteiger partial charge < -0.3 is 5.32 Å². The van der Waals surface area contributed by atoms with E-state index in [9.17, 15) is 10.1 Å². The molecule has 1 fully saturated rings. The molecule has 3 heteroatoms. The zero-order chi connectivity index (χ0) is 14.2. The van der Waals surface area contributed by atoms with E-state index in [1.54, 1.807) is 0 Å². The fraction of sp³-hybridized carbons (Fsp3) is 0.529. The summed E-state index contributed by atoms with van der Waals surface area (Å²) in [5.74, 6) is 0.500. The van der Waals surface area contributed by atoms with Gasteiger partial charge in [-0.1, -0.05) is 56.0 Å². The molecule has 2 rings (SSSR count). The first kappa shape index (κ1) is 14.6. The first-order valence-electron chi connectivity index (χ1n) is 7.53. The van der Waals surface area contributed by atoms with E-state index in [1.165, 1.54) is 25.7 Å². The molecule has 1 aliphatic carbocycles. The molecule has 1 amide bonds. The van der Waals surface area contributed by atoms with Crippen molar-refractivity contribution in [2.75, 3.05) is 0 Å². The molecule has 3 nitrogen and oxygen atoms in total. The minimum absolute atomic E-state index is 0.00676. The normalized spacial score (nSPS) is 17.8. The minimum Gasteiger partial charge on any atom is -0.337 e. The number of carbonyl (C=O) groups excluding carboxylic acids is 1. The van der Waals surface area contributed by atoms with Gasteiger partial charge in [0.2, 0.25) is 5.91 Å². The second-order valence-electron chi connectivity index (χ2n) is 5.60. The predicted octanol–water partition coefficient (Wildman–Crippen LogP) is 3.73. The largest absolute Gasteiger partial charge is 0.337 e. The van der Waals surface area contributed by atoms with Crippen LogP contribution in [-0.2, 0) is 4.79 Å². The molecule has 1 atom stereocenters. The SMILES string of the molecule is N#CC(NC(=O)CC1CCCCCC1)c1ccccc1. The number of hydrogen-bond acceptors (Lipinski definition) is 2. The first-order chi connectivity index (χ1) is 9.79. The molecule has 0 bridgehead atoms. The van der Waals surface area contributed by atoms with Crippen LogP contribution >= 0.6 is 0 Å². The number of rotatable bonds is 4. The van der Waals surface area contributed by atoms with Crippen LogP contribution in [0.15, 0.2) is 30.3 Å². The molecule has 1 aromatic rings. The molecule has 1 saturated carbocycles. The van der Waals surface area contributed by atoms with E-state index in [-0.39, 0.29) is 5.91 Å². The van der Waals surface area contributed by atoms with E-state index in [0.29, 0.717) is 12.3 Å². The monoisotopic (exact) mass is 270 g/mol. The summed E-state index contributed by atoms with van der Waals surface area (Å²) in [4.78, 5) is 12.1. The lowest BCUT2D eigenvalue weighted by Crippen LogP contribution is -2.29. The molecule has 0 spiro atoms. The maximum absolute atomic E-state index is 12.1. The number of nitrogens with one attached hydrogen (secondary N) is 1. The van der Waals surface area contributed by atoms with Gasteiger partial charge in [-0.05, 0) is 24.3 Å². The Hall–Kier alpha value is -1.82. The molecule has 0 aromatic heterocycles. The zero-order valence-corrected chi connectivity index (χ0v) is 11.8. The highest BCUT2D eigenvalue weighted by Gasteiger charge is 2.19. The van der Waals surface area contributed by atoms with E-state index in [0.717, 1.165) is 18.4 Å². The number of carbonyl (C=O) groups is 1. The molecule has 0 radical (unpaired) electrons. The van der Waals surface area contributed by atoms with Crippen molar-refractivity contribution in [2.24, 2.45) is 5.92 Å². The Morgan fingerprint density at radius 2 is 1.85 bits per heavy atom. The molecular weight excluding hydrogens is 248 g/mol. The highest BCUT2D eigenvalue weighted by molar-refractivity contribution is 5.77. The Morgan fingerprint density at radius 1 is 1.20 bits per heavy atom. The summed E-state index contributed by atoms with van der Waals surface area (Å²) >= 11 is 0. The molecule has 1 aliphatic rings. The Balaban J connectivity index is 1.88. The van der Waals surface area contributed by atoms with Crippen molar-refractivity contribution < 1.29 is 4.79 Å². The van der Waals surface area contributed by atoms with Crippen molar-refractivity contribution in [3.8, 4) is 6.07 Å². The number of benzene rings is 1. The van der Waals surface area contributed by atoms with Crippen LogP contribution in [0.25, 0.3) is 0 Å². The third-order valence-corrected chi connectivity index (χ3v) is 4.02. The van der Waals surface area contributed by atoms with Crippen molar-refractivity contribution in [2.45, 2.75) is 51.0 Å². The van der Waals surface area contributed by atoms with Gasteiger partial charge in [-0.25, -0.2) is 0 Å². The Kier molecular flexibility index (Phi) is 5.61.